The Kier molecular flexibility index (Phi) is 6.52. The molecule has 25 heavy (non-hydrogen) atoms. The smallest absolute Gasteiger partial charge is 0.342 e. The maximum atomic E-state index is 12.4. The molecule has 0 saturated carbocycles. The van der Waals surface area contributed by atoms with E-state index in [1.807, 2.05) is 0 Å². The third-order valence-electron chi connectivity index (χ3n) is 3.54. The molecule has 0 amide bonds. The van der Waals surface area contributed by atoms with Gasteiger partial charge < -0.3 is 23.7 Å². The summed E-state index contributed by atoms with van der Waals surface area (Å²) in [4.78, 5) is 12.4. The lowest BCUT2D eigenvalue weighted by Crippen LogP contribution is -2.08. The third kappa shape index (κ3) is 4.17. The van der Waals surface area contributed by atoms with E-state index in [2.05, 4.69) is 15.9 Å². The van der Waals surface area contributed by atoms with Gasteiger partial charge in [-0.2, -0.15) is 0 Å². The fraction of sp³-hybridized carbons (Fsp3) is 0.278. The molecule has 0 spiro atoms. The predicted molar refractivity (Wildman–Crippen MR) is 95.9 cm³/mol. The number of ether oxygens (including phenoxy) is 5. The van der Waals surface area contributed by atoms with Gasteiger partial charge in [0, 0.05) is 5.56 Å². The van der Waals surface area contributed by atoms with Gasteiger partial charge in [0.25, 0.3) is 0 Å². The molecule has 0 aliphatic heterocycles. The predicted octanol–water partition coefficient (Wildman–Crippen LogP) is 3.84. The van der Waals surface area contributed by atoms with Crippen LogP contribution in [-0.2, 0) is 11.3 Å². The first-order valence-electron chi connectivity index (χ1n) is 7.34. The van der Waals surface area contributed by atoms with Crippen LogP contribution in [0.1, 0.15) is 15.9 Å². The van der Waals surface area contributed by atoms with E-state index in [0.29, 0.717) is 28.6 Å². The minimum absolute atomic E-state index is 0.0199. The van der Waals surface area contributed by atoms with Crippen LogP contribution in [-0.4, -0.2) is 34.4 Å². The molecule has 0 N–H and O–H groups in total. The van der Waals surface area contributed by atoms with E-state index in [-0.39, 0.29) is 12.2 Å². The molecule has 0 heterocycles. The van der Waals surface area contributed by atoms with E-state index in [9.17, 15) is 4.79 Å². The zero-order valence-corrected chi connectivity index (χ0v) is 16.0. The molecule has 2 aromatic carbocycles. The molecule has 0 aliphatic rings. The second kappa shape index (κ2) is 8.62. The number of benzene rings is 2. The van der Waals surface area contributed by atoms with Gasteiger partial charge in [-0.1, -0.05) is 6.07 Å². The standard InChI is InChI=1S/C18H19BrO6/c1-21-14-7-5-6-12(17(14)24-4)18(20)25-10-11-8-16(23-3)13(19)9-15(11)22-2/h5-9H,10H2,1-4H3. The van der Waals surface area contributed by atoms with Gasteiger partial charge in [0.2, 0.25) is 0 Å². The van der Waals surface area contributed by atoms with Crippen molar-refractivity contribution in [3.05, 3.63) is 45.9 Å². The van der Waals surface area contributed by atoms with Crippen molar-refractivity contribution >= 4 is 21.9 Å². The first-order valence-corrected chi connectivity index (χ1v) is 8.13. The van der Waals surface area contributed by atoms with E-state index in [0.717, 1.165) is 4.47 Å². The SMILES string of the molecule is COc1cc(COC(=O)c2cccc(OC)c2OC)c(OC)cc1Br. The minimum Gasteiger partial charge on any atom is -0.496 e. The van der Waals surface area contributed by atoms with Crippen LogP contribution in [0.4, 0.5) is 0 Å². The molecule has 0 atom stereocenters. The Morgan fingerprint density at radius 2 is 1.60 bits per heavy atom. The molecule has 0 unspecified atom stereocenters. The Morgan fingerprint density at radius 1 is 0.920 bits per heavy atom. The number of esters is 1. The van der Waals surface area contributed by atoms with Crippen molar-refractivity contribution in [1.29, 1.82) is 0 Å². The zero-order chi connectivity index (χ0) is 18.4. The minimum atomic E-state index is -0.528. The normalized spacial score (nSPS) is 10.1. The summed E-state index contributed by atoms with van der Waals surface area (Å²) < 4.78 is 27.2. The van der Waals surface area contributed by atoms with Crippen molar-refractivity contribution < 1.29 is 28.5 Å². The van der Waals surface area contributed by atoms with Gasteiger partial charge in [0.1, 0.15) is 23.7 Å². The van der Waals surface area contributed by atoms with Crippen molar-refractivity contribution in [2.75, 3.05) is 28.4 Å². The Hall–Kier alpha value is -2.41. The molecular weight excluding hydrogens is 392 g/mol. The number of methoxy groups -OCH3 is 4. The molecule has 0 aromatic heterocycles. The Bertz CT molecular complexity index is 759. The maximum absolute atomic E-state index is 12.4. The van der Waals surface area contributed by atoms with Gasteiger partial charge in [0.15, 0.2) is 11.5 Å². The molecule has 7 heteroatoms. The molecule has 6 nitrogen and oxygen atoms in total. The quantitative estimate of drug-likeness (QED) is 0.646. The number of halogens is 1. The van der Waals surface area contributed by atoms with E-state index in [4.69, 9.17) is 23.7 Å². The van der Waals surface area contributed by atoms with Crippen LogP contribution in [0, 0.1) is 0 Å². The van der Waals surface area contributed by atoms with Gasteiger partial charge in [0.05, 0.1) is 32.9 Å². The van der Waals surface area contributed by atoms with Crippen molar-refractivity contribution in [2.24, 2.45) is 0 Å². The second-order valence-electron chi connectivity index (χ2n) is 4.92. The van der Waals surface area contributed by atoms with E-state index in [1.54, 1.807) is 44.6 Å². The highest BCUT2D eigenvalue weighted by molar-refractivity contribution is 9.10. The van der Waals surface area contributed by atoms with Crippen molar-refractivity contribution in [2.45, 2.75) is 6.61 Å². The first-order chi connectivity index (χ1) is 12.0. The Morgan fingerprint density at radius 3 is 2.20 bits per heavy atom. The van der Waals surface area contributed by atoms with Crippen LogP contribution in [0.3, 0.4) is 0 Å². The summed E-state index contributed by atoms with van der Waals surface area (Å²) in [6, 6.07) is 8.52. The van der Waals surface area contributed by atoms with Gasteiger partial charge >= 0.3 is 5.97 Å². The lowest BCUT2D eigenvalue weighted by atomic mass is 10.1. The van der Waals surface area contributed by atoms with Crippen molar-refractivity contribution in [1.82, 2.24) is 0 Å². The Balaban J connectivity index is 2.23. The highest BCUT2D eigenvalue weighted by Crippen LogP contribution is 2.34. The average molecular weight is 411 g/mol. The van der Waals surface area contributed by atoms with E-state index < -0.39 is 5.97 Å². The maximum Gasteiger partial charge on any atom is 0.342 e. The molecule has 134 valence electrons. The highest BCUT2D eigenvalue weighted by Gasteiger charge is 2.19. The summed E-state index contributed by atoms with van der Waals surface area (Å²) in [5.41, 5.74) is 0.961. The summed E-state index contributed by atoms with van der Waals surface area (Å²) in [6.07, 6.45) is 0. The molecule has 0 bridgehead atoms. The largest absolute Gasteiger partial charge is 0.496 e. The van der Waals surface area contributed by atoms with Gasteiger partial charge in [-0.3, -0.25) is 0 Å². The average Bonchev–Trinajstić information content (AvgIpc) is 2.65. The summed E-state index contributed by atoms with van der Waals surface area (Å²) >= 11 is 3.39. The lowest BCUT2D eigenvalue weighted by molar-refractivity contribution is 0.0465. The lowest BCUT2D eigenvalue weighted by Gasteiger charge is -2.14. The Labute approximate surface area is 154 Å². The molecule has 2 aromatic rings. The van der Waals surface area contributed by atoms with Crippen LogP contribution in [0.15, 0.2) is 34.8 Å². The molecule has 0 fully saturated rings. The molecule has 2 rings (SSSR count). The van der Waals surface area contributed by atoms with Crippen molar-refractivity contribution in [3.8, 4) is 23.0 Å². The monoisotopic (exact) mass is 410 g/mol. The van der Waals surface area contributed by atoms with Gasteiger partial charge in [-0.15, -0.1) is 0 Å². The number of hydrogen-bond donors (Lipinski definition) is 0. The first kappa shape index (κ1) is 18.9. The van der Waals surface area contributed by atoms with Crippen LogP contribution < -0.4 is 18.9 Å². The number of rotatable bonds is 7. The van der Waals surface area contributed by atoms with Crippen LogP contribution in [0.25, 0.3) is 0 Å². The van der Waals surface area contributed by atoms with Crippen LogP contribution in [0.5, 0.6) is 23.0 Å². The molecule has 0 aliphatic carbocycles. The zero-order valence-electron chi connectivity index (χ0n) is 14.4. The second-order valence-corrected chi connectivity index (χ2v) is 5.77. The van der Waals surface area contributed by atoms with E-state index >= 15 is 0 Å². The van der Waals surface area contributed by atoms with Crippen molar-refractivity contribution in [3.63, 3.8) is 0 Å². The number of hydrogen-bond acceptors (Lipinski definition) is 6. The number of carbonyl (C=O) groups excluding carboxylic acids is 1. The van der Waals surface area contributed by atoms with Crippen LogP contribution in [0.2, 0.25) is 0 Å². The summed E-state index contributed by atoms with van der Waals surface area (Å²) in [5.74, 6) is 1.46. The highest BCUT2D eigenvalue weighted by atomic mass is 79.9. The third-order valence-corrected chi connectivity index (χ3v) is 4.16. The van der Waals surface area contributed by atoms with Gasteiger partial charge in [-0.25, -0.2) is 4.79 Å². The molecule has 0 saturated heterocycles. The van der Waals surface area contributed by atoms with Gasteiger partial charge in [-0.05, 0) is 40.2 Å². The number of para-hydroxylation sites is 1. The summed E-state index contributed by atoms with van der Waals surface area (Å²) in [6.45, 7) is 0.0199. The fourth-order valence-electron chi connectivity index (χ4n) is 2.31. The van der Waals surface area contributed by atoms with E-state index in [1.165, 1.54) is 14.2 Å². The van der Waals surface area contributed by atoms with Crippen LogP contribution >= 0.6 is 15.9 Å². The molecular formula is C18H19BrO6. The molecule has 0 radical (unpaired) electrons. The number of carbonyl (C=O) groups is 1. The topological polar surface area (TPSA) is 63.2 Å². The summed E-state index contributed by atoms with van der Waals surface area (Å²) in [7, 11) is 6.08. The fourth-order valence-corrected chi connectivity index (χ4v) is 2.79. The summed E-state index contributed by atoms with van der Waals surface area (Å²) in [5, 5.41) is 0.